The SMILES string of the molecule is CC(=O)CC(=O)OCC1CCN(C)CC1. The summed E-state index contributed by atoms with van der Waals surface area (Å²) in [5, 5.41) is 0. The van der Waals surface area contributed by atoms with Crippen LogP contribution in [0, 0.1) is 5.92 Å². The minimum absolute atomic E-state index is 0.0907. The van der Waals surface area contributed by atoms with Gasteiger partial charge in [-0.1, -0.05) is 0 Å². The van der Waals surface area contributed by atoms with Crippen molar-refractivity contribution in [3.05, 3.63) is 0 Å². The molecule has 0 atom stereocenters. The average molecular weight is 213 g/mol. The first kappa shape index (κ1) is 12.2. The lowest BCUT2D eigenvalue weighted by atomic mass is 9.98. The van der Waals surface area contributed by atoms with Gasteiger partial charge in [-0.15, -0.1) is 0 Å². The van der Waals surface area contributed by atoms with Crippen molar-refractivity contribution in [3.63, 3.8) is 0 Å². The van der Waals surface area contributed by atoms with Gasteiger partial charge in [0.1, 0.15) is 12.2 Å². The predicted molar refractivity (Wildman–Crippen MR) is 56.5 cm³/mol. The van der Waals surface area contributed by atoms with E-state index >= 15 is 0 Å². The maximum atomic E-state index is 11.1. The molecule has 15 heavy (non-hydrogen) atoms. The third-order valence-corrected chi connectivity index (χ3v) is 2.71. The van der Waals surface area contributed by atoms with Crippen molar-refractivity contribution in [1.29, 1.82) is 0 Å². The van der Waals surface area contributed by atoms with Crippen LogP contribution in [0.5, 0.6) is 0 Å². The molecule has 0 N–H and O–H groups in total. The molecule has 1 heterocycles. The quantitative estimate of drug-likeness (QED) is 0.513. The summed E-state index contributed by atoms with van der Waals surface area (Å²) in [6.07, 6.45) is 2.06. The maximum absolute atomic E-state index is 11.1. The van der Waals surface area contributed by atoms with Gasteiger partial charge in [0.2, 0.25) is 0 Å². The molecule has 0 bridgehead atoms. The highest BCUT2D eigenvalue weighted by Gasteiger charge is 2.18. The van der Waals surface area contributed by atoms with Gasteiger partial charge in [0.25, 0.3) is 0 Å². The number of rotatable bonds is 4. The Morgan fingerprint density at radius 3 is 2.47 bits per heavy atom. The first-order valence-corrected chi connectivity index (χ1v) is 5.41. The number of nitrogens with zero attached hydrogens (tertiary/aromatic N) is 1. The second-order valence-electron chi connectivity index (χ2n) is 4.31. The van der Waals surface area contributed by atoms with Crippen molar-refractivity contribution >= 4 is 11.8 Å². The van der Waals surface area contributed by atoms with E-state index in [9.17, 15) is 9.59 Å². The molecule has 0 amide bonds. The second kappa shape index (κ2) is 5.85. The summed E-state index contributed by atoms with van der Waals surface area (Å²) in [7, 11) is 2.10. The van der Waals surface area contributed by atoms with E-state index in [1.165, 1.54) is 6.92 Å². The molecule has 4 heteroatoms. The number of ether oxygens (including phenoxy) is 1. The Bertz CT molecular complexity index is 232. The van der Waals surface area contributed by atoms with Gasteiger partial charge in [-0.2, -0.15) is 0 Å². The minimum atomic E-state index is -0.388. The third kappa shape index (κ3) is 4.93. The van der Waals surface area contributed by atoms with Crippen LogP contribution in [0.15, 0.2) is 0 Å². The molecule has 1 saturated heterocycles. The summed E-state index contributed by atoms with van der Waals surface area (Å²) in [4.78, 5) is 24.0. The van der Waals surface area contributed by atoms with Gasteiger partial charge >= 0.3 is 5.97 Å². The van der Waals surface area contributed by atoms with Gasteiger partial charge in [-0.25, -0.2) is 0 Å². The van der Waals surface area contributed by atoms with E-state index in [0.717, 1.165) is 25.9 Å². The van der Waals surface area contributed by atoms with E-state index < -0.39 is 0 Å². The van der Waals surface area contributed by atoms with E-state index in [2.05, 4.69) is 11.9 Å². The first-order valence-electron chi connectivity index (χ1n) is 5.41. The zero-order valence-electron chi connectivity index (χ0n) is 9.49. The highest BCUT2D eigenvalue weighted by atomic mass is 16.5. The Balaban J connectivity index is 2.14. The fourth-order valence-electron chi connectivity index (χ4n) is 1.69. The summed E-state index contributed by atoms with van der Waals surface area (Å²) in [6, 6.07) is 0. The van der Waals surface area contributed by atoms with E-state index in [0.29, 0.717) is 12.5 Å². The second-order valence-corrected chi connectivity index (χ2v) is 4.31. The van der Waals surface area contributed by atoms with Crippen LogP contribution < -0.4 is 0 Å². The van der Waals surface area contributed by atoms with Crippen molar-refractivity contribution in [1.82, 2.24) is 4.90 Å². The minimum Gasteiger partial charge on any atom is -0.465 e. The summed E-state index contributed by atoms with van der Waals surface area (Å²) in [6.45, 7) is 4.00. The summed E-state index contributed by atoms with van der Waals surface area (Å²) in [5.41, 5.74) is 0. The number of hydrogen-bond donors (Lipinski definition) is 0. The molecule has 1 fully saturated rings. The molecule has 1 rings (SSSR count). The number of piperidine rings is 1. The Hall–Kier alpha value is -0.900. The fourth-order valence-corrected chi connectivity index (χ4v) is 1.69. The van der Waals surface area contributed by atoms with Crippen LogP contribution in [0.2, 0.25) is 0 Å². The number of carbonyl (C=O) groups excluding carboxylic acids is 2. The molecule has 0 aromatic rings. The summed E-state index contributed by atoms with van der Waals surface area (Å²) < 4.78 is 5.05. The van der Waals surface area contributed by atoms with Crippen LogP contribution in [0.25, 0.3) is 0 Å². The molecular weight excluding hydrogens is 194 g/mol. The molecule has 0 aromatic carbocycles. The van der Waals surface area contributed by atoms with Crippen molar-refractivity contribution in [2.75, 3.05) is 26.7 Å². The predicted octanol–water partition coefficient (Wildman–Crippen LogP) is 0.851. The molecular formula is C11H19NO3. The van der Waals surface area contributed by atoms with E-state index in [1.807, 2.05) is 0 Å². The first-order chi connectivity index (χ1) is 7.08. The molecule has 0 unspecified atom stereocenters. The van der Waals surface area contributed by atoms with E-state index in [4.69, 9.17) is 4.74 Å². The molecule has 0 saturated carbocycles. The van der Waals surface area contributed by atoms with Gasteiger partial charge in [0, 0.05) is 0 Å². The number of Topliss-reactive ketones (excluding diaryl/α,β-unsaturated/α-hetero) is 1. The van der Waals surface area contributed by atoms with Gasteiger partial charge < -0.3 is 9.64 Å². The van der Waals surface area contributed by atoms with Gasteiger partial charge in [0.05, 0.1) is 6.61 Å². The Morgan fingerprint density at radius 2 is 1.93 bits per heavy atom. The Morgan fingerprint density at radius 1 is 1.33 bits per heavy atom. The molecule has 4 nitrogen and oxygen atoms in total. The topological polar surface area (TPSA) is 46.6 Å². The van der Waals surface area contributed by atoms with Crippen molar-refractivity contribution < 1.29 is 14.3 Å². The van der Waals surface area contributed by atoms with Gasteiger partial charge in [0.15, 0.2) is 0 Å². The van der Waals surface area contributed by atoms with Gasteiger partial charge in [-0.3, -0.25) is 9.59 Å². The van der Waals surface area contributed by atoms with Crippen LogP contribution in [-0.2, 0) is 14.3 Å². The maximum Gasteiger partial charge on any atom is 0.313 e. The number of hydrogen-bond acceptors (Lipinski definition) is 4. The molecule has 0 radical (unpaired) electrons. The highest BCUT2D eigenvalue weighted by Crippen LogP contribution is 2.16. The zero-order chi connectivity index (χ0) is 11.3. The smallest absolute Gasteiger partial charge is 0.313 e. The molecule has 0 spiro atoms. The Labute approximate surface area is 90.6 Å². The monoisotopic (exact) mass is 213 g/mol. The standard InChI is InChI=1S/C11H19NO3/c1-9(13)7-11(14)15-8-10-3-5-12(2)6-4-10/h10H,3-8H2,1-2H3. The van der Waals surface area contributed by atoms with E-state index in [-0.39, 0.29) is 18.2 Å². The zero-order valence-corrected chi connectivity index (χ0v) is 9.49. The number of likely N-dealkylation sites (tertiary alicyclic amines) is 1. The normalized spacial score (nSPS) is 18.8. The molecule has 1 aliphatic heterocycles. The van der Waals surface area contributed by atoms with Crippen LogP contribution in [0.3, 0.4) is 0 Å². The third-order valence-electron chi connectivity index (χ3n) is 2.71. The highest BCUT2D eigenvalue weighted by molar-refractivity contribution is 5.94. The molecule has 0 aromatic heterocycles. The molecule has 0 aliphatic carbocycles. The van der Waals surface area contributed by atoms with E-state index in [1.54, 1.807) is 0 Å². The van der Waals surface area contributed by atoms with Gasteiger partial charge in [-0.05, 0) is 45.8 Å². The van der Waals surface area contributed by atoms with Crippen LogP contribution in [0.1, 0.15) is 26.2 Å². The lowest BCUT2D eigenvalue weighted by molar-refractivity contribution is -0.147. The number of carbonyl (C=O) groups is 2. The summed E-state index contributed by atoms with van der Waals surface area (Å²) in [5.74, 6) is -0.0538. The lowest BCUT2D eigenvalue weighted by Crippen LogP contribution is -2.32. The lowest BCUT2D eigenvalue weighted by Gasteiger charge is -2.28. The van der Waals surface area contributed by atoms with Crippen LogP contribution in [0.4, 0.5) is 0 Å². The number of esters is 1. The number of ketones is 1. The fraction of sp³-hybridized carbons (Fsp3) is 0.818. The Kier molecular flexibility index (Phi) is 4.75. The van der Waals surface area contributed by atoms with Crippen molar-refractivity contribution in [2.24, 2.45) is 5.92 Å². The summed E-state index contributed by atoms with van der Waals surface area (Å²) >= 11 is 0. The van der Waals surface area contributed by atoms with Crippen molar-refractivity contribution in [3.8, 4) is 0 Å². The largest absolute Gasteiger partial charge is 0.465 e. The molecule has 86 valence electrons. The molecule has 1 aliphatic rings. The average Bonchev–Trinajstić information content (AvgIpc) is 2.16. The van der Waals surface area contributed by atoms with Crippen LogP contribution >= 0.6 is 0 Å². The van der Waals surface area contributed by atoms with Crippen LogP contribution in [-0.4, -0.2) is 43.4 Å². The van der Waals surface area contributed by atoms with Crippen molar-refractivity contribution in [2.45, 2.75) is 26.2 Å².